The molecule has 0 aromatic carbocycles. The van der Waals surface area contributed by atoms with Gasteiger partial charge >= 0.3 is 0 Å². The smallest absolute Gasteiger partial charge is 0.296 e. The van der Waals surface area contributed by atoms with Crippen LogP contribution in [0, 0.1) is 118 Å². The van der Waals surface area contributed by atoms with Crippen LogP contribution in [0.5, 0.6) is 0 Å². The number of hydrogen-bond donors (Lipinski definition) is 3. The normalized spacial score (nSPS) is 17.2. The Balaban J connectivity index is 2.32. The first kappa shape index (κ1) is 29.9. The van der Waals surface area contributed by atoms with Crippen molar-refractivity contribution in [1.29, 1.82) is 0 Å². The van der Waals surface area contributed by atoms with E-state index in [1.807, 2.05) is 0 Å². The van der Waals surface area contributed by atoms with Crippen LogP contribution in [-0.2, 0) is 14.3 Å². The summed E-state index contributed by atoms with van der Waals surface area (Å²) in [4.78, 5) is 11.7. The number of methoxy groups -OCH3 is 1. The van der Waals surface area contributed by atoms with E-state index in [0.29, 0.717) is 19.4 Å². The average Bonchev–Trinajstić information content (AvgIpc) is 3.22. The van der Waals surface area contributed by atoms with Gasteiger partial charge in [0.2, 0.25) is 0 Å². The minimum Gasteiger partial charge on any atom is -0.394 e. The first-order chi connectivity index (χ1) is 18.1. The van der Waals surface area contributed by atoms with Gasteiger partial charge in [-0.3, -0.25) is 4.79 Å². The van der Waals surface area contributed by atoms with Crippen molar-refractivity contribution in [2.45, 2.75) is 44.2 Å². The van der Waals surface area contributed by atoms with E-state index >= 15 is 0 Å². The molecular formula is C31H21NO5. The van der Waals surface area contributed by atoms with E-state index in [0.717, 1.165) is 0 Å². The van der Waals surface area contributed by atoms with E-state index < -0.39 is 24.2 Å². The molecule has 1 fully saturated rings. The van der Waals surface area contributed by atoms with E-state index in [4.69, 9.17) is 9.47 Å². The highest BCUT2D eigenvalue weighted by molar-refractivity contribution is 5.94. The third-order valence-electron chi connectivity index (χ3n) is 4.20. The molecule has 4 atom stereocenters. The number of nitrogens with one attached hydrogen (secondary N) is 1. The molecule has 1 heterocycles. The molecule has 6 heteroatoms. The zero-order valence-electron chi connectivity index (χ0n) is 20.3. The maximum absolute atomic E-state index is 11.7. The second kappa shape index (κ2) is 20.3. The summed E-state index contributed by atoms with van der Waals surface area (Å²) in [6.07, 6.45) is -1.30. The fraction of sp³-hybridized carbons (Fsp3) is 0.323. The zero-order valence-corrected chi connectivity index (χ0v) is 20.3. The van der Waals surface area contributed by atoms with Crippen molar-refractivity contribution in [3.8, 4) is 118 Å². The van der Waals surface area contributed by atoms with E-state index in [1.54, 1.807) is 6.92 Å². The van der Waals surface area contributed by atoms with Gasteiger partial charge in [0.1, 0.15) is 18.3 Å². The summed E-state index contributed by atoms with van der Waals surface area (Å²) in [7, 11) is 1.48. The van der Waals surface area contributed by atoms with Crippen LogP contribution in [0.15, 0.2) is 0 Å². The maximum atomic E-state index is 11.7. The summed E-state index contributed by atoms with van der Waals surface area (Å²) >= 11 is 0. The van der Waals surface area contributed by atoms with E-state index in [1.165, 1.54) is 7.11 Å². The minimum atomic E-state index is -0.884. The maximum Gasteiger partial charge on any atom is 0.296 e. The Labute approximate surface area is 218 Å². The molecule has 0 aliphatic carbocycles. The van der Waals surface area contributed by atoms with Gasteiger partial charge in [-0.15, -0.1) is 0 Å². The molecule has 0 aromatic heterocycles. The molecule has 0 aromatic rings. The standard InChI is InChI=1S/C31H21NO5/c1-3-4-5-6-7-8-9-10-11-12-13-14-15-16-17-18-19-20-21-24-29(34)32-25-22-23-27-31(36-2)30(35)28(26-33)37-27/h27-28,30-31,33,35H,22-23,25-26H2,1-2H3,(H,32,34)/t27-,28+,30+,31-/m0/s1. The van der Waals surface area contributed by atoms with Gasteiger partial charge in [0.25, 0.3) is 5.91 Å². The van der Waals surface area contributed by atoms with Gasteiger partial charge in [-0.2, -0.15) is 0 Å². The molecule has 1 aliphatic heterocycles. The van der Waals surface area contributed by atoms with Crippen LogP contribution < -0.4 is 5.32 Å². The quantitative estimate of drug-likeness (QED) is 0.333. The van der Waals surface area contributed by atoms with Crippen molar-refractivity contribution in [2.24, 2.45) is 0 Å². The molecule has 0 bridgehead atoms. The van der Waals surface area contributed by atoms with Crippen molar-refractivity contribution in [1.82, 2.24) is 5.32 Å². The highest BCUT2D eigenvalue weighted by Crippen LogP contribution is 2.26. The lowest BCUT2D eigenvalue weighted by molar-refractivity contribution is -0.115. The van der Waals surface area contributed by atoms with Gasteiger partial charge in [-0.1, -0.05) is 5.92 Å². The summed E-state index contributed by atoms with van der Waals surface area (Å²) in [5, 5.41) is 21.8. The van der Waals surface area contributed by atoms with Gasteiger partial charge in [-0.05, 0) is 114 Å². The van der Waals surface area contributed by atoms with Crippen molar-refractivity contribution >= 4 is 5.91 Å². The fourth-order valence-corrected chi connectivity index (χ4v) is 2.69. The topological polar surface area (TPSA) is 88.0 Å². The predicted molar refractivity (Wildman–Crippen MR) is 138 cm³/mol. The largest absolute Gasteiger partial charge is 0.394 e. The number of carbonyl (C=O) groups is 1. The monoisotopic (exact) mass is 487 g/mol. The van der Waals surface area contributed by atoms with Crippen molar-refractivity contribution in [3.63, 3.8) is 0 Å². The van der Waals surface area contributed by atoms with Crippen LogP contribution in [0.4, 0.5) is 0 Å². The first-order valence-corrected chi connectivity index (χ1v) is 10.8. The highest BCUT2D eigenvalue weighted by atomic mass is 16.6. The van der Waals surface area contributed by atoms with Crippen molar-refractivity contribution in [3.05, 3.63) is 0 Å². The molecule has 6 nitrogen and oxygen atoms in total. The second-order valence-electron chi connectivity index (χ2n) is 6.61. The molecule has 1 rings (SSSR count). The molecular weight excluding hydrogens is 466 g/mol. The van der Waals surface area contributed by atoms with Crippen LogP contribution >= 0.6 is 0 Å². The Morgan fingerprint density at radius 1 is 0.784 bits per heavy atom. The van der Waals surface area contributed by atoms with Crippen molar-refractivity contribution < 1.29 is 24.5 Å². The fourth-order valence-electron chi connectivity index (χ4n) is 2.69. The Bertz CT molecular complexity index is 1460. The molecule has 0 spiro atoms. The number of aliphatic hydroxyl groups excluding tert-OH is 2. The number of carbonyl (C=O) groups excluding carboxylic acids is 1. The van der Waals surface area contributed by atoms with Crippen molar-refractivity contribution in [2.75, 3.05) is 20.3 Å². The SMILES string of the molecule is CC#CC#CC#CC#CC#CC#CC#CC#CC#CC#CC(=O)NCCC[C@@H]1O[C@H](CO)[C@@H](O)[C@H]1OC. The van der Waals surface area contributed by atoms with Crippen LogP contribution in [-0.4, -0.2) is 60.8 Å². The number of ether oxygens (including phenoxy) is 2. The Hall–Kier alpha value is -5.09. The second-order valence-corrected chi connectivity index (χ2v) is 6.61. The van der Waals surface area contributed by atoms with Gasteiger partial charge in [0.05, 0.1) is 12.7 Å². The number of hydrogen-bond acceptors (Lipinski definition) is 5. The molecule has 0 saturated carbocycles. The van der Waals surface area contributed by atoms with Crippen LogP contribution in [0.2, 0.25) is 0 Å². The summed E-state index contributed by atoms with van der Waals surface area (Å²) in [6.45, 7) is 1.76. The van der Waals surface area contributed by atoms with Crippen LogP contribution in [0.3, 0.4) is 0 Å². The molecule has 1 amide bonds. The lowest BCUT2D eigenvalue weighted by atomic mass is 10.0. The first-order valence-electron chi connectivity index (χ1n) is 10.8. The highest BCUT2D eigenvalue weighted by Gasteiger charge is 2.42. The number of aliphatic hydroxyl groups is 2. The summed E-state index contributed by atoms with van der Waals surface area (Å²) < 4.78 is 10.8. The molecule has 0 radical (unpaired) electrons. The minimum absolute atomic E-state index is 0.286. The summed E-state index contributed by atoms with van der Waals surface area (Å²) in [5.41, 5.74) is 0. The molecule has 180 valence electrons. The van der Waals surface area contributed by atoms with Crippen LogP contribution in [0.1, 0.15) is 19.8 Å². The van der Waals surface area contributed by atoms with Gasteiger partial charge in [0.15, 0.2) is 0 Å². The summed E-state index contributed by atoms with van der Waals surface area (Å²) in [6, 6.07) is 0. The average molecular weight is 488 g/mol. The van der Waals surface area contributed by atoms with E-state index in [9.17, 15) is 15.0 Å². The Kier molecular flexibility index (Phi) is 16.4. The summed E-state index contributed by atoms with van der Waals surface area (Å²) in [5.74, 6) is 49.2. The van der Waals surface area contributed by atoms with Gasteiger partial charge in [-0.25, -0.2) is 0 Å². The lowest BCUT2D eigenvalue weighted by Gasteiger charge is -2.18. The lowest BCUT2D eigenvalue weighted by Crippen LogP contribution is -2.35. The molecule has 1 aliphatic rings. The predicted octanol–water partition coefficient (Wildman–Crippen LogP) is -0.928. The van der Waals surface area contributed by atoms with E-state index in [2.05, 4.69) is 124 Å². The number of rotatable bonds is 6. The van der Waals surface area contributed by atoms with Crippen LogP contribution in [0.25, 0.3) is 0 Å². The van der Waals surface area contributed by atoms with Gasteiger partial charge < -0.3 is 25.0 Å². The van der Waals surface area contributed by atoms with Gasteiger partial charge in [0, 0.05) is 31.4 Å². The molecule has 1 saturated heterocycles. The number of amides is 1. The molecule has 0 unspecified atom stereocenters. The third-order valence-corrected chi connectivity index (χ3v) is 4.20. The van der Waals surface area contributed by atoms with E-state index in [-0.39, 0.29) is 12.7 Å². The Morgan fingerprint density at radius 2 is 1.24 bits per heavy atom. The molecule has 3 N–H and O–H groups in total. The molecule has 37 heavy (non-hydrogen) atoms. The third kappa shape index (κ3) is 14.0. The Morgan fingerprint density at radius 3 is 1.68 bits per heavy atom. The zero-order chi connectivity index (χ0) is 27.0.